The number of nitrogens with one attached hydrogen (secondary N) is 2. The van der Waals surface area contributed by atoms with Crippen LogP contribution in [0.5, 0.6) is 0 Å². The number of carbonyl (C=O) groups excluding carboxylic acids is 1. The van der Waals surface area contributed by atoms with E-state index in [0.29, 0.717) is 12.1 Å². The third-order valence-electron chi connectivity index (χ3n) is 5.74. The molecule has 0 radical (unpaired) electrons. The summed E-state index contributed by atoms with van der Waals surface area (Å²) >= 11 is 0. The van der Waals surface area contributed by atoms with E-state index < -0.39 is 11.9 Å². The second-order valence-corrected chi connectivity index (χ2v) is 7.91. The molecule has 0 aliphatic heterocycles. The maximum Gasteiger partial charge on any atom is 0.254 e. The van der Waals surface area contributed by atoms with Crippen molar-refractivity contribution in [1.82, 2.24) is 20.1 Å². The van der Waals surface area contributed by atoms with Gasteiger partial charge in [0.05, 0.1) is 18.0 Å². The first-order chi connectivity index (χ1) is 15.5. The number of nitrogens with zero attached hydrogens (tertiary/aromatic N) is 4. The summed E-state index contributed by atoms with van der Waals surface area (Å²) < 4.78 is 15.1. The summed E-state index contributed by atoms with van der Waals surface area (Å²) in [4.78, 5) is 15.5. The monoisotopic (exact) mass is 433 g/mol. The summed E-state index contributed by atoms with van der Waals surface area (Å²) in [5.74, 6) is -1.35. The van der Waals surface area contributed by atoms with E-state index in [9.17, 15) is 14.4 Å². The molecule has 3 aromatic rings. The maximum absolute atomic E-state index is 13.4. The Hall–Kier alpha value is -3.77. The molecule has 1 aromatic carbocycles. The van der Waals surface area contributed by atoms with Crippen molar-refractivity contribution in [1.29, 1.82) is 5.26 Å². The number of nitriles is 1. The number of primary amides is 1. The molecule has 1 aliphatic carbocycles. The topological polar surface area (TPSA) is 122 Å². The first kappa shape index (κ1) is 21.5. The van der Waals surface area contributed by atoms with Gasteiger partial charge in [-0.15, -0.1) is 0 Å². The molecule has 32 heavy (non-hydrogen) atoms. The van der Waals surface area contributed by atoms with Crippen molar-refractivity contribution in [3.8, 4) is 6.07 Å². The molecule has 1 fully saturated rings. The summed E-state index contributed by atoms with van der Waals surface area (Å²) in [6, 6.07) is 15.3. The van der Waals surface area contributed by atoms with E-state index >= 15 is 0 Å². The Morgan fingerprint density at radius 2 is 2.09 bits per heavy atom. The summed E-state index contributed by atoms with van der Waals surface area (Å²) in [7, 11) is 0. The van der Waals surface area contributed by atoms with Gasteiger partial charge in [-0.2, -0.15) is 14.8 Å². The van der Waals surface area contributed by atoms with Gasteiger partial charge in [0, 0.05) is 36.7 Å². The molecular weight excluding hydrogens is 409 g/mol. The van der Waals surface area contributed by atoms with Gasteiger partial charge in [-0.25, -0.2) is 4.98 Å². The molecule has 0 spiro atoms. The average molecular weight is 433 g/mol. The van der Waals surface area contributed by atoms with Crippen LogP contribution in [0.3, 0.4) is 0 Å². The van der Waals surface area contributed by atoms with Crippen LogP contribution in [0.2, 0.25) is 0 Å². The van der Waals surface area contributed by atoms with Gasteiger partial charge in [-0.3, -0.25) is 9.48 Å². The fraction of sp³-hybridized carbons (Fsp3) is 0.304. The van der Waals surface area contributed by atoms with E-state index in [4.69, 9.17) is 5.73 Å². The molecule has 2 aromatic heterocycles. The summed E-state index contributed by atoms with van der Waals surface area (Å²) in [6.07, 6.45) is 5.16. The SMILES string of the molecule is N#C[C@H]1C[C@@H](NCc2ccccc2)CC[C@@H]1n1cc(C(N)=O)c(Nc2ccnc(F)c2)n1. The molecule has 2 heterocycles. The highest BCUT2D eigenvalue weighted by Gasteiger charge is 2.33. The number of hydrogen-bond donors (Lipinski definition) is 3. The zero-order valence-electron chi connectivity index (χ0n) is 17.4. The van der Waals surface area contributed by atoms with Crippen LogP contribution in [-0.4, -0.2) is 26.7 Å². The first-order valence-electron chi connectivity index (χ1n) is 10.5. The smallest absolute Gasteiger partial charge is 0.254 e. The Bertz CT molecular complexity index is 1120. The Morgan fingerprint density at radius 3 is 2.81 bits per heavy atom. The lowest BCUT2D eigenvalue weighted by molar-refractivity contribution is 0.100. The lowest BCUT2D eigenvalue weighted by Gasteiger charge is -2.33. The van der Waals surface area contributed by atoms with Crippen LogP contribution in [0.4, 0.5) is 15.9 Å². The summed E-state index contributed by atoms with van der Waals surface area (Å²) in [5.41, 5.74) is 7.31. The van der Waals surface area contributed by atoms with Crippen molar-refractivity contribution in [2.24, 2.45) is 11.7 Å². The van der Waals surface area contributed by atoms with E-state index in [1.807, 2.05) is 18.2 Å². The van der Waals surface area contributed by atoms with Crippen LogP contribution in [0.1, 0.15) is 41.2 Å². The molecular formula is C23H24FN7O. The van der Waals surface area contributed by atoms with Gasteiger partial charge >= 0.3 is 0 Å². The number of carbonyl (C=O) groups is 1. The zero-order chi connectivity index (χ0) is 22.5. The van der Waals surface area contributed by atoms with Crippen LogP contribution in [0.15, 0.2) is 54.9 Å². The number of anilines is 2. The van der Waals surface area contributed by atoms with Gasteiger partial charge in [-0.1, -0.05) is 30.3 Å². The molecule has 1 aliphatic rings. The number of rotatable bonds is 7. The molecule has 164 valence electrons. The van der Waals surface area contributed by atoms with Gasteiger partial charge in [0.2, 0.25) is 5.95 Å². The molecule has 1 amide bonds. The Kier molecular flexibility index (Phi) is 6.42. The molecule has 1 saturated carbocycles. The molecule has 3 atom stereocenters. The highest BCUT2D eigenvalue weighted by atomic mass is 19.1. The van der Waals surface area contributed by atoms with Crippen LogP contribution >= 0.6 is 0 Å². The molecule has 9 heteroatoms. The minimum absolute atomic E-state index is 0.183. The number of pyridine rings is 1. The molecule has 0 saturated heterocycles. The van der Waals surface area contributed by atoms with Gasteiger partial charge in [0.25, 0.3) is 5.91 Å². The fourth-order valence-corrected chi connectivity index (χ4v) is 4.10. The second kappa shape index (κ2) is 9.58. The normalized spacial score (nSPS) is 20.4. The zero-order valence-corrected chi connectivity index (χ0v) is 17.4. The Labute approximate surface area is 185 Å². The van der Waals surface area contributed by atoms with Crippen LogP contribution in [0, 0.1) is 23.2 Å². The fourth-order valence-electron chi connectivity index (χ4n) is 4.10. The predicted octanol–water partition coefficient (Wildman–Crippen LogP) is 3.28. The van der Waals surface area contributed by atoms with Gasteiger partial charge in [0.1, 0.15) is 5.56 Å². The van der Waals surface area contributed by atoms with Gasteiger partial charge in [-0.05, 0) is 30.9 Å². The molecule has 0 unspecified atom stereocenters. The number of amides is 1. The molecule has 8 nitrogen and oxygen atoms in total. The van der Waals surface area contributed by atoms with E-state index in [1.165, 1.54) is 17.8 Å². The first-order valence-corrected chi connectivity index (χ1v) is 10.5. The van der Waals surface area contributed by atoms with E-state index in [-0.39, 0.29) is 29.4 Å². The van der Waals surface area contributed by atoms with Crippen molar-refractivity contribution in [2.75, 3.05) is 5.32 Å². The van der Waals surface area contributed by atoms with Crippen LogP contribution in [-0.2, 0) is 6.54 Å². The minimum atomic E-state index is -0.653. The number of hydrogen-bond acceptors (Lipinski definition) is 6. The molecule has 0 bridgehead atoms. The Morgan fingerprint density at radius 1 is 1.28 bits per heavy atom. The molecule has 4 rings (SSSR count). The Balaban J connectivity index is 1.48. The van der Waals surface area contributed by atoms with Gasteiger partial charge < -0.3 is 16.4 Å². The third-order valence-corrected chi connectivity index (χ3v) is 5.74. The lowest BCUT2D eigenvalue weighted by Crippen LogP contribution is -2.38. The molecule has 4 N–H and O–H groups in total. The quantitative estimate of drug-likeness (QED) is 0.492. The van der Waals surface area contributed by atoms with Crippen LogP contribution < -0.4 is 16.4 Å². The highest BCUT2D eigenvalue weighted by molar-refractivity contribution is 5.98. The maximum atomic E-state index is 13.4. The predicted molar refractivity (Wildman–Crippen MR) is 117 cm³/mol. The average Bonchev–Trinajstić information content (AvgIpc) is 3.22. The van der Waals surface area contributed by atoms with Crippen LogP contribution in [0.25, 0.3) is 0 Å². The summed E-state index contributed by atoms with van der Waals surface area (Å²) in [5, 5.41) is 20.8. The standard InChI is InChI=1S/C23H24FN7O/c24-21-11-18(8-9-27-21)29-23-19(22(26)32)14-31(30-23)20-7-6-17(10-16(20)12-25)28-13-15-4-2-1-3-5-15/h1-5,8-9,11,14,16-17,20,28H,6-7,10,13H2,(H2,26,32)(H,27,29,30)/t16-,17+,20+/m1/s1. The van der Waals surface area contributed by atoms with Crippen molar-refractivity contribution in [3.63, 3.8) is 0 Å². The second-order valence-electron chi connectivity index (χ2n) is 7.91. The lowest BCUT2D eigenvalue weighted by atomic mass is 9.82. The van der Waals surface area contributed by atoms with Crippen molar-refractivity contribution in [2.45, 2.75) is 37.9 Å². The number of aromatic nitrogens is 3. The van der Waals surface area contributed by atoms with Crippen molar-refractivity contribution in [3.05, 3.63) is 71.9 Å². The third kappa shape index (κ3) is 4.92. The van der Waals surface area contributed by atoms with E-state index in [2.05, 4.69) is 38.9 Å². The summed E-state index contributed by atoms with van der Waals surface area (Å²) in [6.45, 7) is 0.748. The largest absolute Gasteiger partial charge is 0.365 e. The van der Waals surface area contributed by atoms with Crippen molar-refractivity contribution >= 4 is 17.4 Å². The minimum Gasteiger partial charge on any atom is -0.365 e. The number of nitrogens with two attached hydrogens (primary N) is 1. The van der Waals surface area contributed by atoms with E-state index in [1.54, 1.807) is 16.9 Å². The van der Waals surface area contributed by atoms with E-state index in [0.717, 1.165) is 19.4 Å². The van der Waals surface area contributed by atoms with Gasteiger partial charge in [0.15, 0.2) is 5.82 Å². The van der Waals surface area contributed by atoms with Crippen molar-refractivity contribution < 1.29 is 9.18 Å². The highest BCUT2D eigenvalue weighted by Crippen LogP contribution is 2.35. The number of halogens is 1. The number of benzene rings is 1.